The van der Waals surface area contributed by atoms with Crippen LogP contribution in [0.2, 0.25) is 0 Å². The summed E-state index contributed by atoms with van der Waals surface area (Å²) >= 11 is 0. The Morgan fingerprint density at radius 3 is 2.43 bits per heavy atom. The molecule has 0 saturated carbocycles. The highest BCUT2D eigenvalue weighted by atomic mass is 32.2. The molecule has 5 nitrogen and oxygen atoms in total. The molecule has 1 aliphatic heterocycles. The first-order chi connectivity index (χ1) is 10.0. The minimum Gasteiger partial charge on any atom is -0.348 e. The van der Waals surface area contributed by atoms with Crippen molar-refractivity contribution in [3.05, 3.63) is 42.0 Å². The quantitative estimate of drug-likeness (QED) is 0.841. The van der Waals surface area contributed by atoms with Crippen LogP contribution >= 0.6 is 0 Å². The number of nitrogens with zero attached hydrogens (tertiary/aromatic N) is 1. The highest BCUT2D eigenvalue weighted by Crippen LogP contribution is 2.20. The number of allylic oxidation sites excluding steroid dienone is 1. The van der Waals surface area contributed by atoms with Crippen molar-refractivity contribution in [3.63, 3.8) is 0 Å². The fraction of sp³-hybridized carbons (Fsp3) is 0.400. The molecule has 0 spiro atoms. The van der Waals surface area contributed by atoms with Crippen LogP contribution in [0.3, 0.4) is 0 Å². The normalized spacial score (nSPS) is 16.4. The number of nitrogens with one attached hydrogen (secondary N) is 1. The molecule has 0 unspecified atom stereocenters. The van der Waals surface area contributed by atoms with Crippen molar-refractivity contribution in [2.75, 3.05) is 13.1 Å². The van der Waals surface area contributed by atoms with E-state index in [9.17, 15) is 13.2 Å². The van der Waals surface area contributed by atoms with Crippen LogP contribution in [0, 0.1) is 0 Å². The molecule has 114 valence electrons. The third kappa shape index (κ3) is 3.92. The van der Waals surface area contributed by atoms with E-state index in [4.69, 9.17) is 0 Å². The average molecular weight is 308 g/mol. The summed E-state index contributed by atoms with van der Waals surface area (Å²) in [5, 5.41) is 2.73. The van der Waals surface area contributed by atoms with E-state index in [0.717, 1.165) is 18.4 Å². The van der Waals surface area contributed by atoms with Gasteiger partial charge in [0.05, 0.1) is 4.90 Å². The van der Waals surface area contributed by atoms with E-state index in [2.05, 4.69) is 5.32 Å². The Labute approximate surface area is 125 Å². The van der Waals surface area contributed by atoms with Crippen LogP contribution in [0.25, 0.3) is 0 Å². The second kappa shape index (κ2) is 6.87. The van der Waals surface area contributed by atoms with Gasteiger partial charge in [0.25, 0.3) is 0 Å². The van der Waals surface area contributed by atoms with Crippen LogP contribution < -0.4 is 5.32 Å². The number of sulfonamides is 1. The van der Waals surface area contributed by atoms with Crippen LogP contribution in [0.1, 0.15) is 25.3 Å². The van der Waals surface area contributed by atoms with E-state index < -0.39 is 10.0 Å². The summed E-state index contributed by atoms with van der Waals surface area (Å²) in [7, 11) is -3.36. The molecule has 0 aromatic heterocycles. The SMILES string of the molecule is C/C=C/C(=O)NCc1ccc(S(=O)(=O)N2CCCC2)cc1. The largest absolute Gasteiger partial charge is 0.348 e. The molecule has 1 N–H and O–H groups in total. The van der Waals surface area contributed by atoms with Gasteiger partial charge in [-0.05, 0) is 43.5 Å². The van der Waals surface area contributed by atoms with E-state index >= 15 is 0 Å². The lowest BCUT2D eigenvalue weighted by Gasteiger charge is -2.15. The Hall–Kier alpha value is -1.66. The van der Waals surface area contributed by atoms with Gasteiger partial charge in [-0.2, -0.15) is 4.31 Å². The van der Waals surface area contributed by atoms with Gasteiger partial charge in [0.15, 0.2) is 0 Å². The first-order valence-corrected chi connectivity index (χ1v) is 8.47. The molecule has 1 aliphatic rings. The van der Waals surface area contributed by atoms with Crippen molar-refractivity contribution in [3.8, 4) is 0 Å². The zero-order valence-electron chi connectivity index (χ0n) is 12.1. The standard InChI is InChI=1S/C15H20N2O3S/c1-2-5-15(18)16-12-13-6-8-14(9-7-13)21(19,20)17-10-3-4-11-17/h2,5-9H,3-4,10-12H2,1H3,(H,16,18)/b5-2+. The molecule has 0 atom stereocenters. The minimum atomic E-state index is -3.36. The second-order valence-electron chi connectivity index (χ2n) is 4.97. The molecule has 21 heavy (non-hydrogen) atoms. The first-order valence-electron chi connectivity index (χ1n) is 7.03. The van der Waals surface area contributed by atoms with Crippen LogP contribution in [-0.4, -0.2) is 31.7 Å². The summed E-state index contributed by atoms with van der Waals surface area (Å²) in [5.41, 5.74) is 0.869. The smallest absolute Gasteiger partial charge is 0.243 e. The van der Waals surface area contributed by atoms with Crippen molar-refractivity contribution in [1.29, 1.82) is 0 Å². The highest BCUT2D eigenvalue weighted by molar-refractivity contribution is 7.89. The van der Waals surface area contributed by atoms with Gasteiger partial charge in [-0.1, -0.05) is 18.2 Å². The van der Waals surface area contributed by atoms with Crippen LogP contribution in [-0.2, 0) is 21.4 Å². The lowest BCUT2D eigenvalue weighted by molar-refractivity contribution is -0.116. The summed E-state index contributed by atoms with van der Waals surface area (Å²) in [6.45, 7) is 3.36. The van der Waals surface area contributed by atoms with Crippen LogP contribution in [0.5, 0.6) is 0 Å². The highest BCUT2D eigenvalue weighted by Gasteiger charge is 2.26. The first kappa shape index (κ1) is 15.7. The topological polar surface area (TPSA) is 66.5 Å². The van der Waals surface area contributed by atoms with Crippen molar-refractivity contribution in [1.82, 2.24) is 9.62 Å². The predicted molar refractivity (Wildman–Crippen MR) is 81.1 cm³/mol. The molecule has 2 rings (SSSR count). The Balaban J connectivity index is 2.03. The van der Waals surface area contributed by atoms with Gasteiger partial charge in [-0.25, -0.2) is 8.42 Å². The van der Waals surface area contributed by atoms with Gasteiger partial charge >= 0.3 is 0 Å². The van der Waals surface area contributed by atoms with Gasteiger partial charge < -0.3 is 5.32 Å². The fourth-order valence-electron chi connectivity index (χ4n) is 2.26. The molecule has 1 fully saturated rings. The van der Waals surface area contributed by atoms with Crippen molar-refractivity contribution in [2.45, 2.75) is 31.2 Å². The zero-order chi connectivity index (χ0) is 15.3. The number of rotatable bonds is 5. The third-order valence-electron chi connectivity index (χ3n) is 3.41. The summed E-state index contributed by atoms with van der Waals surface area (Å²) in [6, 6.07) is 6.67. The van der Waals surface area contributed by atoms with E-state index in [-0.39, 0.29) is 5.91 Å². The van der Waals surface area contributed by atoms with E-state index in [1.54, 1.807) is 37.3 Å². The van der Waals surface area contributed by atoms with Gasteiger partial charge in [0, 0.05) is 19.6 Å². The summed E-state index contributed by atoms with van der Waals surface area (Å²) in [5.74, 6) is -0.161. The van der Waals surface area contributed by atoms with Crippen LogP contribution in [0.15, 0.2) is 41.3 Å². The minimum absolute atomic E-state index is 0.161. The molecule has 1 aromatic rings. The molecule has 0 radical (unpaired) electrons. The maximum absolute atomic E-state index is 12.3. The summed E-state index contributed by atoms with van der Waals surface area (Å²) in [4.78, 5) is 11.6. The van der Waals surface area contributed by atoms with Crippen molar-refractivity contribution in [2.24, 2.45) is 0 Å². The number of benzene rings is 1. The fourth-order valence-corrected chi connectivity index (χ4v) is 3.77. The lowest BCUT2D eigenvalue weighted by atomic mass is 10.2. The molecular formula is C15H20N2O3S. The summed E-state index contributed by atoms with van der Waals surface area (Å²) < 4.78 is 26.2. The third-order valence-corrected chi connectivity index (χ3v) is 5.32. The Bertz CT molecular complexity index is 615. The second-order valence-corrected chi connectivity index (χ2v) is 6.91. The number of carbonyl (C=O) groups is 1. The van der Waals surface area contributed by atoms with Crippen molar-refractivity contribution >= 4 is 15.9 Å². The molecule has 1 aromatic carbocycles. The summed E-state index contributed by atoms with van der Waals surface area (Å²) in [6.07, 6.45) is 4.97. The predicted octanol–water partition coefficient (Wildman–Crippen LogP) is 1.66. The Kier molecular flexibility index (Phi) is 5.14. The Morgan fingerprint density at radius 2 is 1.86 bits per heavy atom. The number of hydrogen-bond donors (Lipinski definition) is 1. The van der Waals surface area contributed by atoms with Gasteiger partial charge in [-0.15, -0.1) is 0 Å². The Morgan fingerprint density at radius 1 is 1.24 bits per heavy atom. The number of amides is 1. The average Bonchev–Trinajstić information content (AvgIpc) is 3.01. The van der Waals surface area contributed by atoms with E-state index in [0.29, 0.717) is 24.5 Å². The lowest BCUT2D eigenvalue weighted by Crippen LogP contribution is -2.27. The van der Waals surface area contributed by atoms with Gasteiger partial charge in [-0.3, -0.25) is 4.79 Å². The van der Waals surface area contributed by atoms with E-state index in [1.807, 2.05) is 0 Å². The molecule has 1 saturated heterocycles. The number of carbonyl (C=O) groups excluding carboxylic acids is 1. The zero-order valence-corrected chi connectivity index (χ0v) is 12.9. The maximum Gasteiger partial charge on any atom is 0.243 e. The molecule has 1 amide bonds. The monoisotopic (exact) mass is 308 g/mol. The molecular weight excluding hydrogens is 288 g/mol. The van der Waals surface area contributed by atoms with Crippen molar-refractivity contribution < 1.29 is 13.2 Å². The molecule has 0 aliphatic carbocycles. The van der Waals surface area contributed by atoms with Gasteiger partial charge in [0.2, 0.25) is 15.9 Å². The molecule has 0 bridgehead atoms. The van der Waals surface area contributed by atoms with Crippen LogP contribution in [0.4, 0.5) is 0 Å². The van der Waals surface area contributed by atoms with Gasteiger partial charge in [0.1, 0.15) is 0 Å². The van der Waals surface area contributed by atoms with E-state index in [1.165, 1.54) is 10.4 Å². The maximum atomic E-state index is 12.3. The molecule has 1 heterocycles. The molecule has 6 heteroatoms. The number of hydrogen-bond acceptors (Lipinski definition) is 3.